The molecule has 1 saturated heterocycles. The molecule has 0 bridgehead atoms. The summed E-state index contributed by atoms with van der Waals surface area (Å²) in [5.74, 6) is -0.243. The molecule has 2 aromatic carbocycles. The van der Waals surface area contributed by atoms with Crippen molar-refractivity contribution in [2.24, 2.45) is 0 Å². The highest BCUT2D eigenvalue weighted by atomic mass is 16.6. The fraction of sp³-hybridized carbons (Fsp3) is 0.300. The van der Waals surface area contributed by atoms with Crippen LogP contribution in [0.5, 0.6) is 0 Å². The Morgan fingerprint density at radius 3 is 2.71 bits per heavy atom. The number of rotatable bonds is 5. The summed E-state index contributed by atoms with van der Waals surface area (Å²) in [7, 11) is 0. The molecule has 1 heterocycles. The zero-order chi connectivity index (χ0) is 20.1. The van der Waals surface area contributed by atoms with Gasteiger partial charge in [0.2, 0.25) is 0 Å². The minimum Gasteiger partial charge on any atom is -0.378 e. The smallest absolute Gasteiger partial charge is 0.293 e. The van der Waals surface area contributed by atoms with E-state index >= 15 is 0 Å². The van der Waals surface area contributed by atoms with Crippen molar-refractivity contribution in [2.45, 2.75) is 13.0 Å². The Balaban J connectivity index is 1.83. The van der Waals surface area contributed by atoms with Gasteiger partial charge >= 0.3 is 0 Å². The Kier molecular flexibility index (Phi) is 5.87. The Bertz CT molecular complexity index is 932. The van der Waals surface area contributed by atoms with Gasteiger partial charge in [0.05, 0.1) is 29.8 Å². The molecule has 0 saturated carbocycles. The number of nitrogens with one attached hydrogen (secondary N) is 1. The summed E-state index contributed by atoms with van der Waals surface area (Å²) >= 11 is 0. The van der Waals surface area contributed by atoms with Crippen LogP contribution in [0, 0.1) is 21.4 Å². The summed E-state index contributed by atoms with van der Waals surface area (Å²) in [6.07, 6.45) is 0. The molecule has 1 atom stereocenters. The van der Waals surface area contributed by atoms with Crippen LogP contribution >= 0.6 is 0 Å². The van der Waals surface area contributed by atoms with E-state index in [0.29, 0.717) is 37.6 Å². The highest BCUT2D eigenvalue weighted by Crippen LogP contribution is 2.30. The molecule has 28 heavy (non-hydrogen) atoms. The molecule has 144 valence electrons. The molecule has 1 unspecified atom stereocenters. The molecule has 0 radical (unpaired) electrons. The first kappa shape index (κ1) is 19.3. The fourth-order valence-electron chi connectivity index (χ4n) is 3.08. The largest absolute Gasteiger partial charge is 0.378 e. The third kappa shape index (κ3) is 4.27. The zero-order valence-corrected chi connectivity index (χ0v) is 15.4. The SMILES string of the molecule is CC(Nc1ccc(C(=O)N2CCOCC2)cc1[N+](=O)[O-])c1cccc(C#N)c1. The van der Waals surface area contributed by atoms with Crippen molar-refractivity contribution in [3.05, 3.63) is 69.3 Å². The molecular weight excluding hydrogens is 360 g/mol. The van der Waals surface area contributed by atoms with E-state index in [0.717, 1.165) is 5.56 Å². The van der Waals surface area contributed by atoms with Gasteiger partial charge in [-0.1, -0.05) is 12.1 Å². The highest BCUT2D eigenvalue weighted by molar-refractivity contribution is 5.95. The normalized spacial score (nSPS) is 14.8. The topological polar surface area (TPSA) is 108 Å². The molecule has 0 aromatic heterocycles. The summed E-state index contributed by atoms with van der Waals surface area (Å²) in [6, 6.07) is 13.3. The molecule has 0 aliphatic carbocycles. The first-order chi connectivity index (χ1) is 13.5. The van der Waals surface area contributed by atoms with Crippen LogP contribution in [0.15, 0.2) is 42.5 Å². The second kappa shape index (κ2) is 8.50. The van der Waals surface area contributed by atoms with Crippen molar-refractivity contribution in [1.29, 1.82) is 5.26 Å². The lowest BCUT2D eigenvalue weighted by Crippen LogP contribution is -2.40. The van der Waals surface area contributed by atoms with E-state index in [1.54, 1.807) is 35.2 Å². The lowest BCUT2D eigenvalue weighted by atomic mass is 10.0. The van der Waals surface area contributed by atoms with Crippen molar-refractivity contribution >= 4 is 17.3 Å². The number of carbonyl (C=O) groups excluding carboxylic acids is 1. The molecule has 1 aliphatic heterocycles. The Hall–Kier alpha value is -3.44. The summed E-state index contributed by atoms with van der Waals surface area (Å²) in [6.45, 7) is 3.73. The third-order valence-electron chi connectivity index (χ3n) is 4.63. The second-order valence-electron chi connectivity index (χ2n) is 6.50. The van der Waals surface area contributed by atoms with Gasteiger partial charge in [-0.3, -0.25) is 14.9 Å². The molecule has 8 nitrogen and oxygen atoms in total. The Morgan fingerprint density at radius 1 is 1.29 bits per heavy atom. The standard InChI is InChI=1S/C20H20N4O4/c1-14(16-4-2-3-15(11-16)13-21)22-18-6-5-17(12-19(18)24(26)27)20(25)23-7-9-28-10-8-23/h2-6,11-12,14,22H,7-10H2,1H3. The van der Waals surface area contributed by atoms with Gasteiger partial charge in [0, 0.05) is 30.8 Å². The van der Waals surface area contributed by atoms with Crippen LogP contribution in [0.3, 0.4) is 0 Å². The first-order valence-electron chi connectivity index (χ1n) is 8.91. The van der Waals surface area contributed by atoms with E-state index in [4.69, 9.17) is 10.00 Å². The van der Waals surface area contributed by atoms with E-state index in [1.165, 1.54) is 6.07 Å². The maximum Gasteiger partial charge on any atom is 0.293 e. The van der Waals surface area contributed by atoms with Gasteiger partial charge in [-0.15, -0.1) is 0 Å². The average molecular weight is 380 g/mol. The predicted molar refractivity (Wildman–Crippen MR) is 103 cm³/mol. The highest BCUT2D eigenvalue weighted by Gasteiger charge is 2.23. The van der Waals surface area contributed by atoms with Gasteiger partial charge < -0.3 is 15.0 Å². The van der Waals surface area contributed by atoms with Gasteiger partial charge in [0.1, 0.15) is 5.69 Å². The number of hydrogen-bond donors (Lipinski definition) is 1. The van der Waals surface area contributed by atoms with E-state index < -0.39 is 4.92 Å². The van der Waals surface area contributed by atoms with Crippen LogP contribution in [0.25, 0.3) is 0 Å². The predicted octanol–water partition coefficient (Wildman–Crippen LogP) is 3.11. The molecular formula is C20H20N4O4. The van der Waals surface area contributed by atoms with Crippen LogP contribution in [0.1, 0.15) is 34.5 Å². The van der Waals surface area contributed by atoms with Crippen molar-refractivity contribution < 1.29 is 14.5 Å². The number of nitriles is 1. The van der Waals surface area contributed by atoms with Gasteiger partial charge in [-0.25, -0.2) is 0 Å². The van der Waals surface area contributed by atoms with Gasteiger partial charge in [-0.05, 0) is 36.8 Å². The zero-order valence-electron chi connectivity index (χ0n) is 15.4. The van der Waals surface area contributed by atoms with Crippen molar-refractivity contribution in [1.82, 2.24) is 4.90 Å². The summed E-state index contributed by atoms with van der Waals surface area (Å²) in [5.41, 5.74) is 1.79. The van der Waals surface area contributed by atoms with Crippen LogP contribution < -0.4 is 5.32 Å². The second-order valence-corrected chi connectivity index (χ2v) is 6.50. The molecule has 1 fully saturated rings. The van der Waals surface area contributed by atoms with Crippen molar-refractivity contribution in [3.63, 3.8) is 0 Å². The summed E-state index contributed by atoms with van der Waals surface area (Å²) in [5, 5.41) is 23.7. The molecule has 3 rings (SSSR count). The lowest BCUT2D eigenvalue weighted by molar-refractivity contribution is -0.384. The number of nitro benzene ring substituents is 1. The Morgan fingerprint density at radius 2 is 2.04 bits per heavy atom. The number of morpholine rings is 1. The van der Waals surface area contributed by atoms with E-state index in [9.17, 15) is 14.9 Å². The van der Waals surface area contributed by atoms with E-state index in [-0.39, 0.29) is 23.2 Å². The van der Waals surface area contributed by atoms with Crippen LogP contribution in [0.2, 0.25) is 0 Å². The molecule has 1 aliphatic rings. The number of benzene rings is 2. The van der Waals surface area contributed by atoms with Gasteiger partial charge in [0.15, 0.2) is 0 Å². The number of amides is 1. The lowest BCUT2D eigenvalue weighted by Gasteiger charge is -2.27. The van der Waals surface area contributed by atoms with E-state index in [1.807, 2.05) is 13.0 Å². The summed E-state index contributed by atoms with van der Waals surface area (Å²) < 4.78 is 5.24. The van der Waals surface area contributed by atoms with E-state index in [2.05, 4.69) is 11.4 Å². The average Bonchev–Trinajstić information content (AvgIpc) is 2.74. The maximum absolute atomic E-state index is 12.6. The number of nitrogens with zero attached hydrogens (tertiary/aromatic N) is 3. The van der Waals surface area contributed by atoms with Crippen LogP contribution in [-0.4, -0.2) is 42.0 Å². The van der Waals surface area contributed by atoms with Gasteiger partial charge in [-0.2, -0.15) is 5.26 Å². The van der Waals surface area contributed by atoms with Crippen LogP contribution in [-0.2, 0) is 4.74 Å². The third-order valence-corrected chi connectivity index (χ3v) is 4.63. The maximum atomic E-state index is 12.6. The minimum absolute atomic E-state index is 0.164. The molecule has 1 N–H and O–H groups in total. The van der Waals surface area contributed by atoms with Gasteiger partial charge in [0.25, 0.3) is 11.6 Å². The van der Waals surface area contributed by atoms with Crippen molar-refractivity contribution in [3.8, 4) is 6.07 Å². The van der Waals surface area contributed by atoms with Crippen LogP contribution in [0.4, 0.5) is 11.4 Å². The monoisotopic (exact) mass is 380 g/mol. The first-order valence-corrected chi connectivity index (χ1v) is 8.91. The number of nitro groups is 1. The fourth-order valence-corrected chi connectivity index (χ4v) is 3.08. The molecule has 8 heteroatoms. The van der Waals surface area contributed by atoms with Crippen molar-refractivity contribution in [2.75, 3.05) is 31.6 Å². The minimum atomic E-state index is -0.503. The Labute approximate surface area is 162 Å². The number of hydrogen-bond acceptors (Lipinski definition) is 6. The molecule has 2 aromatic rings. The molecule has 1 amide bonds. The molecule has 0 spiro atoms. The number of anilines is 1. The number of carbonyl (C=O) groups is 1. The number of ether oxygens (including phenoxy) is 1. The summed E-state index contributed by atoms with van der Waals surface area (Å²) in [4.78, 5) is 25.3. The quantitative estimate of drug-likeness (QED) is 0.631.